The van der Waals surface area contributed by atoms with Crippen molar-refractivity contribution in [3.63, 3.8) is 0 Å². The Kier molecular flexibility index (Phi) is 5.45. The molecule has 0 spiro atoms. The largest absolute Gasteiger partial charge is 0.401 e. The molecule has 110 valence electrons. The molecule has 0 fully saturated rings. The van der Waals surface area contributed by atoms with Crippen LogP contribution in [0.25, 0.3) is 0 Å². The van der Waals surface area contributed by atoms with E-state index in [2.05, 4.69) is 21.2 Å². The van der Waals surface area contributed by atoms with E-state index in [9.17, 15) is 28.1 Å². The lowest BCUT2D eigenvalue weighted by Gasteiger charge is -2.09. The summed E-state index contributed by atoms with van der Waals surface area (Å²) in [4.78, 5) is 21.4. The number of benzene rings is 1. The van der Waals surface area contributed by atoms with Crippen LogP contribution in [0.3, 0.4) is 0 Å². The van der Waals surface area contributed by atoms with Crippen LogP contribution in [0.2, 0.25) is 0 Å². The lowest BCUT2D eigenvalue weighted by molar-refractivity contribution is -0.384. The molecule has 1 rings (SSSR count). The first-order valence-electron chi connectivity index (χ1n) is 5.20. The van der Waals surface area contributed by atoms with Gasteiger partial charge in [0.05, 0.1) is 18.0 Å². The van der Waals surface area contributed by atoms with E-state index in [0.29, 0.717) is 4.47 Å². The van der Waals surface area contributed by atoms with E-state index < -0.39 is 30.1 Å². The van der Waals surface area contributed by atoms with Crippen LogP contribution < -0.4 is 10.6 Å². The second-order valence-corrected chi connectivity index (χ2v) is 4.60. The van der Waals surface area contributed by atoms with Crippen molar-refractivity contribution in [2.75, 3.05) is 18.4 Å². The minimum absolute atomic E-state index is 0.0861. The number of anilines is 1. The molecule has 10 heteroatoms. The fraction of sp³-hybridized carbons (Fsp3) is 0.300. The van der Waals surface area contributed by atoms with Gasteiger partial charge >= 0.3 is 6.18 Å². The summed E-state index contributed by atoms with van der Waals surface area (Å²) in [5.74, 6) is -0.806. The van der Waals surface area contributed by atoms with Crippen LogP contribution in [0.4, 0.5) is 24.5 Å². The van der Waals surface area contributed by atoms with Gasteiger partial charge in [-0.1, -0.05) is 15.9 Å². The smallest absolute Gasteiger partial charge is 0.319 e. The molecule has 2 N–H and O–H groups in total. The second kappa shape index (κ2) is 6.66. The number of alkyl halides is 3. The highest BCUT2D eigenvalue weighted by Crippen LogP contribution is 2.27. The molecule has 1 aromatic carbocycles. The zero-order chi connectivity index (χ0) is 15.3. The Hall–Kier alpha value is -1.68. The zero-order valence-electron chi connectivity index (χ0n) is 9.83. The Balaban J connectivity index is 2.64. The third kappa shape index (κ3) is 5.53. The summed E-state index contributed by atoms with van der Waals surface area (Å²) >= 11 is 3.04. The van der Waals surface area contributed by atoms with E-state index in [4.69, 9.17) is 0 Å². The van der Waals surface area contributed by atoms with Gasteiger partial charge in [-0.25, -0.2) is 0 Å². The van der Waals surface area contributed by atoms with Crippen molar-refractivity contribution in [1.82, 2.24) is 5.32 Å². The molecule has 0 saturated heterocycles. The van der Waals surface area contributed by atoms with E-state index in [-0.39, 0.29) is 11.4 Å². The van der Waals surface area contributed by atoms with Crippen molar-refractivity contribution >= 4 is 33.2 Å². The van der Waals surface area contributed by atoms with E-state index in [0.717, 1.165) is 0 Å². The standard InChI is InChI=1S/C10H9BrF3N3O3/c11-6-1-2-7(8(3-6)17(19)20)16-9(18)4-15-5-10(12,13)14/h1-3,15H,4-5H2,(H,16,18). The van der Waals surface area contributed by atoms with Gasteiger partial charge in [0, 0.05) is 10.5 Å². The Morgan fingerprint density at radius 3 is 2.60 bits per heavy atom. The monoisotopic (exact) mass is 355 g/mol. The SMILES string of the molecule is O=C(CNCC(F)(F)F)Nc1ccc(Br)cc1[N+](=O)[O-]. The van der Waals surface area contributed by atoms with Crippen LogP contribution in [0, 0.1) is 10.1 Å². The Morgan fingerprint density at radius 1 is 1.40 bits per heavy atom. The highest BCUT2D eigenvalue weighted by Gasteiger charge is 2.26. The first-order valence-corrected chi connectivity index (χ1v) is 5.99. The van der Waals surface area contributed by atoms with E-state index in [1.54, 1.807) is 0 Å². The third-order valence-electron chi connectivity index (χ3n) is 2.04. The van der Waals surface area contributed by atoms with Gasteiger partial charge in [0.25, 0.3) is 5.69 Å². The number of carbonyl (C=O) groups is 1. The third-order valence-corrected chi connectivity index (χ3v) is 2.53. The van der Waals surface area contributed by atoms with Crippen LogP contribution in [0.15, 0.2) is 22.7 Å². The number of hydrogen-bond acceptors (Lipinski definition) is 4. The summed E-state index contributed by atoms with van der Waals surface area (Å²) in [6.45, 7) is -1.92. The molecule has 1 amide bonds. The summed E-state index contributed by atoms with van der Waals surface area (Å²) in [6.07, 6.45) is -4.43. The number of amides is 1. The average Bonchev–Trinajstić information content (AvgIpc) is 2.29. The van der Waals surface area contributed by atoms with Crippen LogP contribution in [0.5, 0.6) is 0 Å². The molecule has 0 aromatic heterocycles. The first kappa shape index (κ1) is 16.4. The fourth-order valence-corrected chi connectivity index (χ4v) is 1.62. The molecular formula is C10H9BrF3N3O3. The Labute approximate surface area is 119 Å². The summed E-state index contributed by atoms with van der Waals surface area (Å²) < 4.78 is 36.0. The summed E-state index contributed by atoms with van der Waals surface area (Å²) in [6, 6.07) is 3.92. The number of nitro groups is 1. The molecule has 0 heterocycles. The maximum atomic E-state index is 11.9. The van der Waals surface area contributed by atoms with Gasteiger partial charge in [0.2, 0.25) is 5.91 Å². The van der Waals surface area contributed by atoms with Crippen LogP contribution in [-0.4, -0.2) is 30.1 Å². The number of rotatable bonds is 5. The van der Waals surface area contributed by atoms with Crippen molar-refractivity contribution < 1.29 is 22.9 Å². The molecule has 0 atom stereocenters. The average molecular weight is 356 g/mol. The minimum Gasteiger partial charge on any atom is -0.319 e. The highest BCUT2D eigenvalue weighted by atomic mass is 79.9. The van der Waals surface area contributed by atoms with Gasteiger partial charge in [0.1, 0.15) is 5.69 Å². The Bertz CT molecular complexity index is 522. The summed E-state index contributed by atoms with van der Waals surface area (Å²) in [7, 11) is 0. The summed E-state index contributed by atoms with van der Waals surface area (Å²) in [5, 5.41) is 14.8. The van der Waals surface area contributed by atoms with Crippen molar-refractivity contribution in [2.45, 2.75) is 6.18 Å². The van der Waals surface area contributed by atoms with Gasteiger partial charge in [-0.3, -0.25) is 14.9 Å². The van der Waals surface area contributed by atoms with Gasteiger partial charge in [-0.15, -0.1) is 0 Å². The normalized spacial score (nSPS) is 11.2. The lowest BCUT2D eigenvalue weighted by atomic mass is 10.2. The predicted molar refractivity (Wildman–Crippen MR) is 68.4 cm³/mol. The van der Waals surface area contributed by atoms with Crippen LogP contribution >= 0.6 is 15.9 Å². The number of halogens is 4. The zero-order valence-corrected chi connectivity index (χ0v) is 11.4. The minimum atomic E-state index is -4.43. The van der Waals surface area contributed by atoms with Gasteiger partial charge in [-0.2, -0.15) is 13.2 Å². The van der Waals surface area contributed by atoms with E-state index >= 15 is 0 Å². The van der Waals surface area contributed by atoms with Crippen molar-refractivity contribution in [2.24, 2.45) is 0 Å². The number of nitrogens with zero attached hydrogens (tertiary/aromatic N) is 1. The molecule has 0 saturated carbocycles. The van der Waals surface area contributed by atoms with Gasteiger partial charge < -0.3 is 10.6 Å². The Morgan fingerprint density at radius 2 is 2.05 bits per heavy atom. The topological polar surface area (TPSA) is 84.3 Å². The van der Waals surface area contributed by atoms with Gasteiger partial charge in [-0.05, 0) is 12.1 Å². The number of carbonyl (C=O) groups excluding carboxylic acids is 1. The van der Waals surface area contributed by atoms with Crippen LogP contribution in [-0.2, 0) is 4.79 Å². The van der Waals surface area contributed by atoms with E-state index in [1.807, 2.05) is 5.32 Å². The molecule has 0 aliphatic rings. The molecule has 1 aromatic rings. The second-order valence-electron chi connectivity index (χ2n) is 3.69. The molecule has 20 heavy (non-hydrogen) atoms. The predicted octanol–water partition coefficient (Wildman–Crippen LogP) is 2.45. The molecule has 0 unspecified atom stereocenters. The maximum Gasteiger partial charge on any atom is 0.401 e. The number of nitrogens with one attached hydrogen (secondary N) is 2. The first-order chi connectivity index (χ1) is 9.19. The van der Waals surface area contributed by atoms with Crippen molar-refractivity contribution in [1.29, 1.82) is 0 Å². The molecular weight excluding hydrogens is 347 g/mol. The van der Waals surface area contributed by atoms with Crippen LogP contribution in [0.1, 0.15) is 0 Å². The molecule has 0 aliphatic heterocycles. The quantitative estimate of drug-likeness (QED) is 0.627. The molecule has 0 aliphatic carbocycles. The van der Waals surface area contributed by atoms with E-state index in [1.165, 1.54) is 18.2 Å². The van der Waals surface area contributed by atoms with Crippen molar-refractivity contribution in [3.05, 3.63) is 32.8 Å². The summed E-state index contributed by atoms with van der Waals surface area (Å²) in [5.41, 5.74) is -0.444. The van der Waals surface area contributed by atoms with Gasteiger partial charge in [0.15, 0.2) is 0 Å². The fourth-order valence-electron chi connectivity index (χ4n) is 1.27. The lowest BCUT2D eigenvalue weighted by Crippen LogP contribution is -2.35. The number of hydrogen-bond donors (Lipinski definition) is 2. The maximum absolute atomic E-state index is 11.9. The highest BCUT2D eigenvalue weighted by molar-refractivity contribution is 9.10. The molecule has 0 bridgehead atoms. The molecule has 0 radical (unpaired) electrons. The molecule has 6 nitrogen and oxygen atoms in total. The van der Waals surface area contributed by atoms with Crippen molar-refractivity contribution in [3.8, 4) is 0 Å². The number of nitro benzene ring substituents is 1.